The van der Waals surface area contributed by atoms with Crippen LogP contribution in [0.3, 0.4) is 0 Å². The second-order valence-electron chi connectivity index (χ2n) is 4.59. The molecule has 0 aliphatic carbocycles. The lowest BCUT2D eigenvalue weighted by molar-refractivity contribution is 0.454. The van der Waals surface area contributed by atoms with E-state index >= 15 is 0 Å². The molecule has 0 spiro atoms. The first-order valence-electron chi connectivity index (χ1n) is 6.51. The molecule has 4 nitrogen and oxygen atoms in total. The Morgan fingerprint density at radius 2 is 2.00 bits per heavy atom. The van der Waals surface area contributed by atoms with Gasteiger partial charge in [0.05, 0.1) is 11.8 Å². The molecule has 0 aliphatic heterocycles. The van der Waals surface area contributed by atoms with Crippen molar-refractivity contribution in [2.24, 2.45) is 5.73 Å². The van der Waals surface area contributed by atoms with Crippen LogP contribution in [-0.4, -0.2) is 15.2 Å². The highest BCUT2D eigenvalue weighted by Gasteiger charge is 2.10. The monoisotopic (exact) mass is 287 g/mol. The van der Waals surface area contributed by atoms with E-state index in [-0.39, 0.29) is 4.99 Å². The molecular formula is C15H17N3OS. The van der Waals surface area contributed by atoms with E-state index < -0.39 is 0 Å². The van der Waals surface area contributed by atoms with Crippen molar-refractivity contribution in [3.05, 3.63) is 47.7 Å². The van der Waals surface area contributed by atoms with Crippen molar-refractivity contribution in [1.82, 2.24) is 10.2 Å². The molecule has 2 aromatic rings. The molecule has 5 heteroatoms. The lowest BCUT2D eigenvalue weighted by Crippen LogP contribution is -2.12. The van der Waals surface area contributed by atoms with Crippen LogP contribution >= 0.6 is 12.2 Å². The second-order valence-corrected chi connectivity index (χ2v) is 5.03. The van der Waals surface area contributed by atoms with Gasteiger partial charge in [0.15, 0.2) is 0 Å². The average molecular weight is 287 g/mol. The molecule has 0 fully saturated rings. The van der Waals surface area contributed by atoms with E-state index in [1.165, 1.54) is 11.8 Å². The quantitative estimate of drug-likeness (QED) is 0.854. The first kappa shape index (κ1) is 14.4. The first-order valence-corrected chi connectivity index (χ1v) is 6.92. The van der Waals surface area contributed by atoms with Gasteiger partial charge in [-0.15, -0.1) is 5.10 Å². The minimum absolute atomic E-state index is 0.242. The Bertz CT molecular complexity index is 598. The first-order chi connectivity index (χ1) is 9.61. The van der Waals surface area contributed by atoms with Crippen molar-refractivity contribution in [1.29, 1.82) is 0 Å². The van der Waals surface area contributed by atoms with Crippen molar-refractivity contribution in [3.63, 3.8) is 0 Å². The summed E-state index contributed by atoms with van der Waals surface area (Å²) in [5.74, 6) is 1.55. The summed E-state index contributed by atoms with van der Waals surface area (Å²) >= 11 is 4.97. The van der Waals surface area contributed by atoms with Crippen LogP contribution in [0.2, 0.25) is 0 Å². The third-order valence-corrected chi connectivity index (χ3v) is 3.45. The molecule has 2 N–H and O–H groups in total. The SMILES string of the molecule is CCC(C)c1ccc(Oc2nnccc2C(N)=S)cc1. The van der Waals surface area contributed by atoms with Crippen LogP contribution in [0.25, 0.3) is 0 Å². The van der Waals surface area contributed by atoms with Gasteiger partial charge in [-0.05, 0) is 36.1 Å². The van der Waals surface area contributed by atoms with Gasteiger partial charge in [0.25, 0.3) is 0 Å². The Morgan fingerprint density at radius 3 is 2.60 bits per heavy atom. The number of nitrogens with zero attached hydrogens (tertiary/aromatic N) is 2. The zero-order valence-corrected chi connectivity index (χ0v) is 12.4. The smallest absolute Gasteiger partial charge is 0.249 e. The second kappa shape index (κ2) is 6.43. The highest BCUT2D eigenvalue weighted by Crippen LogP contribution is 2.25. The van der Waals surface area contributed by atoms with E-state index in [0.29, 0.717) is 23.1 Å². The van der Waals surface area contributed by atoms with E-state index in [1.807, 2.05) is 12.1 Å². The van der Waals surface area contributed by atoms with Gasteiger partial charge in [-0.3, -0.25) is 0 Å². The zero-order valence-electron chi connectivity index (χ0n) is 11.5. The van der Waals surface area contributed by atoms with Crippen molar-refractivity contribution in [3.8, 4) is 11.6 Å². The Kier molecular flexibility index (Phi) is 4.63. The highest BCUT2D eigenvalue weighted by molar-refractivity contribution is 7.80. The molecule has 104 valence electrons. The number of hydrogen-bond acceptors (Lipinski definition) is 4. The van der Waals surface area contributed by atoms with Crippen molar-refractivity contribution < 1.29 is 4.74 Å². The van der Waals surface area contributed by atoms with Gasteiger partial charge < -0.3 is 10.5 Å². The molecule has 0 bridgehead atoms. The zero-order chi connectivity index (χ0) is 14.5. The number of aromatic nitrogens is 2. The minimum Gasteiger partial charge on any atom is -0.437 e. The summed E-state index contributed by atoms with van der Waals surface area (Å²) in [6.07, 6.45) is 2.64. The Hall–Kier alpha value is -2.01. The topological polar surface area (TPSA) is 61.0 Å². The third kappa shape index (κ3) is 3.30. The summed E-state index contributed by atoms with van der Waals surface area (Å²) in [6.45, 7) is 4.37. The fraction of sp³-hybridized carbons (Fsp3) is 0.267. The van der Waals surface area contributed by atoms with Crippen LogP contribution in [0, 0.1) is 0 Å². The number of benzene rings is 1. The number of rotatable bonds is 5. The molecule has 1 aromatic heterocycles. The van der Waals surface area contributed by atoms with Gasteiger partial charge >= 0.3 is 0 Å². The molecule has 0 saturated carbocycles. The Balaban J connectivity index is 2.20. The molecule has 0 saturated heterocycles. The lowest BCUT2D eigenvalue weighted by Gasteiger charge is -2.11. The van der Waals surface area contributed by atoms with E-state index in [1.54, 1.807) is 6.07 Å². The Labute approximate surface area is 124 Å². The van der Waals surface area contributed by atoms with Gasteiger partial charge in [0.1, 0.15) is 10.7 Å². The van der Waals surface area contributed by atoms with Gasteiger partial charge in [-0.2, -0.15) is 5.10 Å². The standard InChI is InChI=1S/C15H17N3OS/c1-3-10(2)11-4-6-12(7-5-11)19-15-13(14(16)20)8-9-17-18-15/h4-10H,3H2,1-2H3,(H2,16,20). The van der Waals surface area contributed by atoms with E-state index in [2.05, 4.69) is 36.2 Å². The number of ether oxygens (including phenoxy) is 1. The largest absolute Gasteiger partial charge is 0.437 e. The normalized spacial score (nSPS) is 11.9. The van der Waals surface area contributed by atoms with Crippen LogP contribution < -0.4 is 10.5 Å². The van der Waals surface area contributed by atoms with Gasteiger partial charge in [0, 0.05) is 0 Å². The molecule has 0 radical (unpaired) electrons. The van der Waals surface area contributed by atoms with E-state index in [0.717, 1.165) is 6.42 Å². The van der Waals surface area contributed by atoms with Crippen LogP contribution in [0.4, 0.5) is 0 Å². The molecule has 2 rings (SSSR count). The van der Waals surface area contributed by atoms with Crippen molar-refractivity contribution in [2.45, 2.75) is 26.2 Å². The summed E-state index contributed by atoms with van der Waals surface area (Å²) in [4.78, 5) is 0.242. The summed E-state index contributed by atoms with van der Waals surface area (Å²) < 4.78 is 5.70. The summed E-state index contributed by atoms with van der Waals surface area (Å²) in [5, 5.41) is 7.72. The fourth-order valence-corrected chi connectivity index (χ4v) is 1.95. The number of thiocarbonyl (C=S) groups is 1. The maximum atomic E-state index is 5.70. The van der Waals surface area contributed by atoms with Gasteiger partial charge in [0.2, 0.25) is 5.88 Å². The summed E-state index contributed by atoms with van der Waals surface area (Å²) in [7, 11) is 0. The summed E-state index contributed by atoms with van der Waals surface area (Å²) in [5.41, 5.74) is 7.50. The molecular weight excluding hydrogens is 270 g/mol. The maximum Gasteiger partial charge on any atom is 0.249 e. The predicted octanol–water partition coefficient (Wildman–Crippen LogP) is 3.42. The molecule has 1 heterocycles. The molecule has 1 unspecified atom stereocenters. The van der Waals surface area contributed by atoms with E-state index in [4.69, 9.17) is 22.7 Å². The lowest BCUT2D eigenvalue weighted by atomic mass is 9.99. The van der Waals surface area contributed by atoms with E-state index in [9.17, 15) is 0 Å². The Morgan fingerprint density at radius 1 is 1.30 bits per heavy atom. The van der Waals surface area contributed by atoms with Crippen molar-refractivity contribution in [2.75, 3.05) is 0 Å². The molecule has 0 amide bonds. The fourth-order valence-electron chi connectivity index (χ4n) is 1.79. The number of nitrogens with two attached hydrogens (primary N) is 1. The van der Waals surface area contributed by atoms with Crippen LogP contribution in [0.15, 0.2) is 36.5 Å². The molecule has 1 aromatic carbocycles. The van der Waals surface area contributed by atoms with Crippen LogP contribution in [0.5, 0.6) is 11.6 Å². The van der Waals surface area contributed by atoms with Gasteiger partial charge in [-0.1, -0.05) is 38.2 Å². The molecule has 0 aliphatic rings. The summed E-state index contributed by atoms with van der Waals surface area (Å²) in [6, 6.07) is 9.64. The van der Waals surface area contributed by atoms with Crippen LogP contribution in [-0.2, 0) is 0 Å². The highest BCUT2D eigenvalue weighted by atomic mass is 32.1. The molecule has 20 heavy (non-hydrogen) atoms. The van der Waals surface area contributed by atoms with Crippen LogP contribution in [0.1, 0.15) is 37.3 Å². The average Bonchev–Trinajstić information content (AvgIpc) is 2.47. The molecule has 1 atom stereocenters. The van der Waals surface area contributed by atoms with Crippen molar-refractivity contribution >= 4 is 17.2 Å². The number of hydrogen-bond donors (Lipinski definition) is 1. The van der Waals surface area contributed by atoms with Gasteiger partial charge in [-0.25, -0.2) is 0 Å². The third-order valence-electron chi connectivity index (χ3n) is 3.23. The predicted molar refractivity (Wildman–Crippen MR) is 83.1 cm³/mol. The minimum atomic E-state index is 0.242. The maximum absolute atomic E-state index is 5.70.